The van der Waals surface area contributed by atoms with E-state index in [1.165, 1.54) is 0 Å². The summed E-state index contributed by atoms with van der Waals surface area (Å²) in [6.45, 7) is 3.67. The lowest BCUT2D eigenvalue weighted by atomic mass is 9.97. The second kappa shape index (κ2) is 7.55. The number of amides is 2. The van der Waals surface area contributed by atoms with E-state index < -0.39 is 0 Å². The first-order chi connectivity index (χ1) is 11.6. The Labute approximate surface area is 151 Å². The number of urea groups is 1. The van der Waals surface area contributed by atoms with Gasteiger partial charge in [-0.1, -0.05) is 23.7 Å². The lowest BCUT2D eigenvalue weighted by molar-refractivity contribution is 0.0998. The average Bonchev–Trinajstić information content (AvgIpc) is 3.01. The molecule has 0 aliphatic carbocycles. The lowest BCUT2D eigenvalue weighted by Gasteiger charge is -2.39. The maximum atomic E-state index is 12.2. The highest BCUT2D eigenvalue weighted by atomic mass is 35.5. The van der Waals surface area contributed by atoms with E-state index in [2.05, 4.69) is 17.4 Å². The van der Waals surface area contributed by atoms with Crippen molar-refractivity contribution in [2.24, 2.45) is 5.92 Å². The molecule has 2 aromatic rings. The summed E-state index contributed by atoms with van der Waals surface area (Å²) in [4.78, 5) is 16.3. The SMILES string of the molecule is CC(NC(=O)N1CC(CCO)C1)c1ccc(-c2ccc(Cl)cc2)s1. The van der Waals surface area contributed by atoms with Gasteiger partial charge in [0.15, 0.2) is 0 Å². The maximum Gasteiger partial charge on any atom is 0.317 e. The van der Waals surface area contributed by atoms with Crippen molar-refractivity contribution in [3.8, 4) is 10.4 Å². The molecule has 1 aromatic carbocycles. The van der Waals surface area contributed by atoms with Gasteiger partial charge in [0, 0.05) is 34.5 Å². The monoisotopic (exact) mass is 364 g/mol. The summed E-state index contributed by atoms with van der Waals surface area (Å²) in [5.74, 6) is 0.439. The highest BCUT2D eigenvalue weighted by Crippen LogP contribution is 2.32. The van der Waals surface area contributed by atoms with Crippen LogP contribution in [0.25, 0.3) is 10.4 Å². The molecular formula is C18H21ClN2O2S. The summed E-state index contributed by atoms with van der Waals surface area (Å²) in [5.41, 5.74) is 1.13. The van der Waals surface area contributed by atoms with E-state index in [1.807, 2.05) is 31.2 Å². The van der Waals surface area contributed by atoms with Crippen molar-refractivity contribution >= 4 is 29.0 Å². The molecule has 2 amide bonds. The van der Waals surface area contributed by atoms with Crippen LogP contribution in [0.4, 0.5) is 4.79 Å². The van der Waals surface area contributed by atoms with Crippen LogP contribution in [-0.4, -0.2) is 35.7 Å². The van der Waals surface area contributed by atoms with Crippen molar-refractivity contribution < 1.29 is 9.90 Å². The molecule has 0 radical (unpaired) electrons. The first kappa shape index (κ1) is 17.3. The number of hydrogen-bond donors (Lipinski definition) is 2. The van der Waals surface area contributed by atoms with Gasteiger partial charge in [0.05, 0.1) is 6.04 Å². The quantitative estimate of drug-likeness (QED) is 0.837. The molecule has 1 aliphatic heterocycles. The molecule has 24 heavy (non-hydrogen) atoms. The van der Waals surface area contributed by atoms with Gasteiger partial charge in [0.1, 0.15) is 0 Å². The van der Waals surface area contributed by atoms with Crippen LogP contribution in [0.15, 0.2) is 36.4 Å². The number of carbonyl (C=O) groups is 1. The van der Waals surface area contributed by atoms with Gasteiger partial charge in [-0.3, -0.25) is 0 Å². The standard InChI is InChI=1S/C18H21ClN2O2S/c1-12(20-18(23)21-10-13(11-21)8-9-22)16-6-7-17(24-16)14-2-4-15(19)5-3-14/h2-7,12-13,22H,8-11H2,1H3,(H,20,23). The molecule has 2 heterocycles. The number of thiophene rings is 1. The topological polar surface area (TPSA) is 52.6 Å². The van der Waals surface area contributed by atoms with E-state index in [4.69, 9.17) is 16.7 Å². The van der Waals surface area contributed by atoms with Gasteiger partial charge >= 0.3 is 6.03 Å². The molecule has 128 valence electrons. The third kappa shape index (κ3) is 3.91. The Hall–Kier alpha value is -1.56. The number of aliphatic hydroxyl groups excluding tert-OH is 1. The largest absolute Gasteiger partial charge is 0.396 e. The lowest BCUT2D eigenvalue weighted by Crippen LogP contribution is -2.54. The minimum atomic E-state index is -0.0295. The predicted molar refractivity (Wildman–Crippen MR) is 98.5 cm³/mol. The van der Waals surface area contributed by atoms with E-state index in [-0.39, 0.29) is 18.7 Å². The molecular weight excluding hydrogens is 344 g/mol. The molecule has 1 fully saturated rings. The van der Waals surface area contributed by atoms with Gasteiger partial charge < -0.3 is 15.3 Å². The normalized spacial score (nSPS) is 15.9. The molecule has 1 aliphatic rings. The Morgan fingerprint density at radius 2 is 2.04 bits per heavy atom. The first-order valence-electron chi connectivity index (χ1n) is 8.09. The summed E-state index contributed by atoms with van der Waals surface area (Å²) in [7, 11) is 0. The fraction of sp³-hybridized carbons (Fsp3) is 0.389. The van der Waals surface area contributed by atoms with E-state index in [0.717, 1.165) is 39.9 Å². The van der Waals surface area contributed by atoms with Crippen LogP contribution in [0.1, 0.15) is 24.3 Å². The highest BCUT2D eigenvalue weighted by molar-refractivity contribution is 7.15. The van der Waals surface area contributed by atoms with Gasteiger partial charge in [-0.25, -0.2) is 4.79 Å². The first-order valence-corrected chi connectivity index (χ1v) is 9.28. The Balaban J connectivity index is 1.57. The number of halogens is 1. The summed E-state index contributed by atoms with van der Waals surface area (Å²) in [6, 6.07) is 11.9. The van der Waals surface area contributed by atoms with Crippen molar-refractivity contribution in [1.29, 1.82) is 0 Å². The van der Waals surface area contributed by atoms with Crippen LogP contribution in [0, 0.1) is 5.92 Å². The summed E-state index contributed by atoms with van der Waals surface area (Å²) < 4.78 is 0. The number of rotatable bonds is 5. The van der Waals surface area contributed by atoms with Gasteiger partial charge in [0.25, 0.3) is 0 Å². The second-order valence-corrected chi connectivity index (χ2v) is 7.72. The van der Waals surface area contributed by atoms with Crippen LogP contribution >= 0.6 is 22.9 Å². The van der Waals surface area contributed by atoms with Crippen LogP contribution in [-0.2, 0) is 0 Å². The number of likely N-dealkylation sites (tertiary alicyclic amines) is 1. The third-order valence-corrected chi connectivity index (χ3v) is 5.87. The molecule has 0 spiro atoms. The molecule has 1 saturated heterocycles. The minimum absolute atomic E-state index is 0.0274. The molecule has 1 aromatic heterocycles. The van der Waals surface area contributed by atoms with Crippen molar-refractivity contribution in [1.82, 2.24) is 10.2 Å². The Morgan fingerprint density at radius 1 is 1.33 bits per heavy atom. The number of nitrogens with zero attached hydrogens (tertiary/aromatic N) is 1. The van der Waals surface area contributed by atoms with Crippen LogP contribution in [0.2, 0.25) is 5.02 Å². The molecule has 3 rings (SSSR count). The van der Waals surface area contributed by atoms with Gasteiger partial charge in [0.2, 0.25) is 0 Å². The number of aliphatic hydroxyl groups is 1. The van der Waals surface area contributed by atoms with Crippen molar-refractivity contribution in [2.75, 3.05) is 19.7 Å². The molecule has 6 heteroatoms. The predicted octanol–water partition coefficient (Wildman–Crippen LogP) is 4.15. The number of carbonyl (C=O) groups excluding carboxylic acids is 1. The van der Waals surface area contributed by atoms with Gasteiger partial charge in [-0.15, -0.1) is 11.3 Å². The number of benzene rings is 1. The fourth-order valence-electron chi connectivity index (χ4n) is 2.80. The summed E-state index contributed by atoms with van der Waals surface area (Å²) >= 11 is 7.61. The van der Waals surface area contributed by atoms with E-state index in [0.29, 0.717) is 5.92 Å². The second-order valence-electron chi connectivity index (χ2n) is 6.16. The number of nitrogens with one attached hydrogen (secondary N) is 1. The van der Waals surface area contributed by atoms with E-state index >= 15 is 0 Å². The van der Waals surface area contributed by atoms with Gasteiger partial charge in [-0.2, -0.15) is 0 Å². The molecule has 1 atom stereocenters. The van der Waals surface area contributed by atoms with E-state index in [9.17, 15) is 4.79 Å². The maximum absolute atomic E-state index is 12.2. The average molecular weight is 365 g/mol. The van der Waals surface area contributed by atoms with Crippen molar-refractivity contribution in [2.45, 2.75) is 19.4 Å². The van der Waals surface area contributed by atoms with Gasteiger partial charge in [-0.05, 0) is 49.1 Å². The summed E-state index contributed by atoms with van der Waals surface area (Å²) in [6.07, 6.45) is 0.773. The molecule has 2 N–H and O–H groups in total. The Bertz CT molecular complexity index is 695. The third-order valence-electron chi connectivity index (χ3n) is 4.30. The zero-order valence-electron chi connectivity index (χ0n) is 13.5. The highest BCUT2D eigenvalue weighted by Gasteiger charge is 2.30. The molecule has 0 bridgehead atoms. The van der Waals surface area contributed by atoms with Crippen LogP contribution < -0.4 is 5.32 Å². The van der Waals surface area contributed by atoms with E-state index in [1.54, 1.807) is 16.2 Å². The zero-order valence-corrected chi connectivity index (χ0v) is 15.1. The Kier molecular flexibility index (Phi) is 5.43. The number of hydrogen-bond acceptors (Lipinski definition) is 3. The van der Waals surface area contributed by atoms with Crippen LogP contribution in [0.5, 0.6) is 0 Å². The van der Waals surface area contributed by atoms with Crippen molar-refractivity contribution in [3.05, 3.63) is 46.3 Å². The zero-order chi connectivity index (χ0) is 17.1. The minimum Gasteiger partial charge on any atom is -0.396 e. The smallest absolute Gasteiger partial charge is 0.317 e. The molecule has 0 saturated carbocycles. The van der Waals surface area contributed by atoms with Crippen LogP contribution in [0.3, 0.4) is 0 Å². The fourth-order valence-corrected chi connectivity index (χ4v) is 3.95. The molecule has 4 nitrogen and oxygen atoms in total. The van der Waals surface area contributed by atoms with Crippen molar-refractivity contribution in [3.63, 3.8) is 0 Å². The molecule has 1 unspecified atom stereocenters. The summed E-state index contributed by atoms with van der Waals surface area (Å²) in [5, 5.41) is 12.7. The Morgan fingerprint density at radius 3 is 2.71 bits per heavy atom.